The van der Waals surface area contributed by atoms with Crippen molar-refractivity contribution in [1.82, 2.24) is 20.3 Å². The lowest BCUT2D eigenvalue weighted by atomic mass is 10.1. The number of pyridine rings is 1. The number of nitrogens with zero attached hydrogens (tertiary/aromatic N) is 2. The van der Waals surface area contributed by atoms with Crippen molar-refractivity contribution in [3.8, 4) is 0 Å². The van der Waals surface area contributed by atoms with Crippen LogP contribution in [0.3, 0.4) is 0 Å². The summed E-state index contributed by atoms with van der Waals surface area (Å²) in [7, 11) is -1.70. The smallest absolute Gasteiger partial charge is 0.213 e. The first kappa shape index (κ1) is 23.1. The molecule has 1 aliphatic heterocycles. The number of nitrogens with one attached hydrogen (secondary N) is 3. The van der Waals surface area contributed by atoms with E-state index in [0.29, 0.717) is 25.7 Å². The van der Waals surface area contributed by atoms with E-state index in [-0.39, 0.29) is 42.4 Å². The van der Waals surface area contributed by atoms with Crippen LogP contribution in [-0.4, -0.2) is 58.0 Å². The Balaban J connectivity index is 0.00000338. The molecule has 0 saturated carbocycles. The Labute approximate surface area is 172 Å². The van der Waals surface area contributed by atoms with Gasteiger partial charge >= 0.3 is 0 Å². The highest BCUT2D eigenvalue weighted by Crippen LogP contribution is 2.11. The lowest BCUT2D eigenvalue weighted by Crippen LogP contribution is -2.42. The molecule has 1 aromatic heterocycles. The number of guanidine groups is 1. The van der Waals surface area contributed by atoms with Crippen molar-refractivity contribution in [3.63, 3.8) is 0 Å². The van der Waals surface area contributed by atoms with E-state index < -0.39 is 10.0 Å². The third kappa shape index (κ3) is 9.10. The maximum Gasteiger partial charge on any atom is 0.213 e. The summed E-state index contributed by atoms with van der Waals surface area (Å²) >= 11 is 0. The van der Waals surface area contributed by atoms with Gasteiger partial charge in [-0.05, 0) is 31.4 Å². The molecule has 10 heteroatoms. The summed E-state index contributed by atoms with van der Waals surface area (Å²) in [5.41, 5.74) is 0.882. The average molecular weight is 497 g/mol. The average Bonchev–Trinajstić information content (AvgIpc) is 2.64. The van der Waals surface area contributed by atoms with E-state index in [9.17, 15) is 8.42 Å². The Bertz CT molecular complexity index is 637. The zero-order valence-electron chi connectivity index (χ0n) is 15.0. The molecule has 1 aromatic rings. The van der Waals surface area contributed by atoms with Gasteiger partial charge in [0.05, 0.1) is 24.1 Å². The van der Waals surface area contributed by atoms with Crippen LogP contribution in [0.15, 0.2) is 29.4 Å². The van der Waals surface area contributed by atoms with Crippen LogP contribution in [0.2, 0.25) is 0 Å². The molecule has 0 spiro atoms. The van der Waals surface area contributed by atoms with Crippen molar-refractivity contribution in [3.05, 3.63) is 30.1 Å². The van der Waals surface area contributed by atoms with Crippen molar-refractivity contribution in [2.45, 2.75) is 31.9 Å². The van der Waals surface area contributed by atoms with Gasteiger partial charge in [0.15, 0.2) is 5.96 Å². The molecule has 1 saturated heterocycles. The molecule has 8 nitrogen and oxygen atoms in total. The van der Waals surface area contributed by atoms with E-state index in [4.69, 9.17) is 4.74 Å². The molecule has 0 amide bonds. The minimum absolute atomic E-state index is 0. The number of aliphatic imine (C=N–C) groups is 1. The summed E-state index contributed by atoms with van der Waals surface area (Å²) in [6.07, 6.45) is 4.76. The monoisotopic (exact) mass is 497 g/mol. The number of hydrogen-bond acceptors (Lipinski definition) is 5. The maximum atomic E-state index is 12.0. The predicted octanol–water partition coefficient (Wildman–Crippen LogP) is 0.853. The predicted molar refractivity (Wildman–Crippen MR) is 113 cm³/mol. The fraction of sp³-hybridized carbons (Fsp3) is 0.625. The molecule has 148 valence electrons. The van der Waals surface area contributed by atoms with Crippen molar-refractivity contribution in [2.75, 3.05) is 32.5 Å². The largest absolute Gasteiger partial charge is 0.377 e. The number of ether oxygens (including phenoxy) is 1. The SMILES string of the molecule is CN=C(NCCS(=O)(=O)NCC1CCCCO1)NCc1ccccn1.I. The quantitative estimate of drug-likeness (QED) is 0.280. The summed E-state index contributed by atoms with van der Waals surface area (Å²) in [5, 5.41) is 6.09. The Hall–Kier alpha value is -0.980. The summed E-state index contributed by atoms with van der Waals surface area (Å²) < 4.78 is 32.2. The highest BCUT2D eigenvalue weighted by atomic mass is 127. The van der Waals surface area contributed by atoms with Gasteiger partial charge in [0.25, 0.3) is 0 Å². The first-order valence-electron chi connectivity index (χ1n) is 8.52. The van der Waals surface area contributed by atoms with E-state index in [0.717, 1.165) is 25.0 Å². The lowest BCUT2D eigenvalue weighted by molar-refractivity contribution is 0.0200. The van der Waals surface area contributed by atoms with E-state index in [1.165, 1.54) is 0 Å². The van der Waals surface area contributed by atoms with Gasteiger partial charge in [-0.25, -0.2) is 13.1 Å². The van der Waals surface area contributed by atoms with Gasteiger partial charge in [-0.3, -0.25) is 9.98 Å². The van der Waals surface area contributed by atoms with Gasteiger partial charge in [0, 0.05) is 32.9 Å². The Morgan fingerprint density at radius 1 is 1.35 bits per heavy atom. The Morgan fingerprint density at radius 3 is 2.85 bits per heavy atom. The van der Waals surface area contributed by atoms with Crippen molar-refractivity contribution >= 4 is 40.0 Å². The van der Waals surface area contributed by atoms with Crippen LogP contribution in [-0.2, 0) is 21.3 Å². The van der Waals surface area contributed by atoms with Crippen LogP contribution in [0.1, 0.15) is 25.0 Å². The van der Waals surface area contributed by atoms with Crippen molar-refractivity contribution in [1.29, 1.82) is 0 Å². The van der Waals surface area contributed by atoms with Crippen molar-refractivity contribution in [2.24, 2.45) is 4.99 Å². The van der Waals surface area contributed by atoms with E-state index >= 15 is 0 Å². The molecule has 0 aliphatic carbocycles. The van der Waals surface area contributed by atoms with E-state index in [1.807, 2.05) is 18.2 Å². The molecule has 2 rings (SSSR count). The molecule has 3 N–H and O–H groups in total. The van der Waals surface area contributed by atoms with Gasteiger partial charge in [-0.1, -0.05) is 6.07 Å². The second-order valence-electron chi connectivity index (χ2n) is 5.83. The number of rotatable bonds is 8. The molecule has 26 heavy (non-hydrogen) atoms. The molecule has 1 aliphatic rings. The van der Waals surface area contributed by atoms with Gasteiger partial charge < -0.3 is 15.4 Å². The second kappa shape index (κ2) is 12.4. The third-order valence-corrected chi connectivity index (χ3v) is 5.20. The summed E-state index contributed by atoms with van der Waals surface area (Å²) in [4.78, 5) is 8.28. The zero-order chi connectivity index (χ0) is 18.0. The minimum atomic E-state index is -3.34. The second-order valence-corrected chi connectivity index (χ2v) is 7.76. The van der Waals surface area contributed by atoms with Gasteiger partial charge in [0.1, 0.15) is 0 Å². The normalized spacial score (nSPS) is 18.0. The summed E-state index contributed by atoms with van der Waals surface area (Å²) in [6, 6.07) is 5.67. The topological polar surface area (TPSA) is 105 Å². The molecular weight excluding hydrogens is 469 g/mol. The zero-order valence-corrected chi connectivity index (χ0v) is 18.1. The van der Waals surface area contributed by atoms with Crippen LogP contribution >= 0.6 is 24.0 Å². The van der Waals surface area contributed by atoms with Crippen LogP contribution in [0.25, 0.3) is 0 Å². The molecule has 0 radical (unpaired) electrons. The number of halogens is 1. The van der Waals surface area contributed by atoms with Crippen LogP contribution in [0.4, 0.5) is 0 Å². The van der Waals surface area contributed by atoms with Gasteiger partial charge in [-0.2, -0.15) is 0 Å². The number of aromatic nitrogens is 1. The summed E-state index contributed by atoms with van der Waals surface area (Å²) in [6.45, 7) is 1.84. The minimum Gasteiger partial charge on any atom is -0.377 e. The molecular formula is C16H28IN5O3S. The standard InChI is InChI=1S/C16H27N5O3S.HI/c1-17-16(20-12-14-6-2-4-8-18-14)19-9-11-25(22,23)21-13-15-7-3-5-10-24-15;/h2,4,6,8,15,21H,3,5,7,9-13H2,1H3,(H2,17,19,20);1H. The first-order valence-corrected chi connectivity index (χ1v) is 10.2. The third-order valence-electron chi connectivity index (χ3n) is 3.85. The molecule has 1 fully saturated rings. The highest BCUT2D eigenvalue weighted by Gasteiger charge is 2.17. The van der Waals surface area contributed by atoms with Crippen LogP contribution in [0.5, 0.6) is 0 Å². The van der Waals surface area contributed by atoms with Crippen molar-refractivity contribution < 1.29 is 13.2 Å². The maximum absolute atomic E-state index is 12.0. The first-order chi connectivity index (χ1) is 12.1. The molecule has 0 aromatic carbocycles. The molecule has 0 bridgehead atoms. The molecule has 1 unspecified atom stereocenters. The van der Waals surface area contributed by atoms with Crippen LogP contribution < -0.4 is 15.4 Å². The summed E-state index contributed by atoms with van der Waals surface area (Å²) in [5.74, 6) is 0.515. The number of hydrogen-bond donors (Lipinski definition) is 3. The fourth-order valence-electron chi connectivity index (χ4n) is 2.46. The van der Waals surface area contributed by atoms with E-state index in [1.54, 1.807) is 13.2 Å². The Morgan fingerprint density at radius 2 is 2.19 bits per heavy atom. The van der Waals surface area contributed by atoms with Crippen LogP contribution in [0, 0.1) is 0 Å². The van der Waals surface area contributed by atoms with Gasteiger partial charge in [-0.15, -0.1) is 24.0 Å². The lowest BCUT2D eigenvalue weighted by Gasteiger charge is -2.22. The fourth-order valence-corrected chi connectivity index (χ4v) is 3.42. The highest BCUT2D eigenvalue weighted by molar-refractivity contribution is 14.0. The van der Waals surface area contributed by atoms with Gasteiger partial charge in [0.2, 0.25) is 10.0 Å². The number of sulfonamides is 1. The molecule has 1 atom stereocenters. The molecule has 2 heterocycles. The van der Waals surface area contributed by atoms with E-state index in [2.05, 4.69) is 25.3 Å². The Kier molecular flexibility index (Phi) is 11.0.